The van der Waals surface area contributed by atoms with Crippen molar-refractivity contribution in [1.29, 1.82) is 0 Å². The summed E-state index contributed by atoms with van der Waals surface area (Å²) in [5, 5.41) is 0.389. The number of hydrogen-bond acceptors (Lipinski definition) is 3. The fourth-order valence-corrected chi connectivity index (χ4v) is 3.19. The Morgan fingerprint density at radius 2 is 1.74 bits per heavy atom. The van der Waals surface area contributed by atoms with E-state index in [4.69, 9.17) is 11.6 Å². The number of nitrogens with zero attached hydrogens (tertiary/aromatic N) is 2. The lowest BCUT2D eigenvalue weighted by atomic mass is 10.1. The summed E-state index contributed by atoms with van der Waals surface area (Å²) in [5.41, 5.74) is 1.26. The number of ether oxygens (including phenoxy) is 1. The zero-order chi connectivity index (χ0) is 19.4. The van der Waals surface area contributed by atoms with Gasteiger partial charge >= 0.3 is 6.61 Å². The minimum Gasteiger partial charge on any atom is -0.435 e. The molecule has 27 heavy (non-hydrogen) atoms. The van der Waals surface area contributed by atoms with Crippen molar-refractivity contribution >= 4 is 17.5 Å². The summed E-state index contributed by atoms with van der Waals surface area (Å²) >= 11 is 6.06. The molecule has 0 N–H and O–H groups in total. The van der Waals surface area contributed by atoms with Gasteiger partial charge in [-0.1, -0.05) is 17.7 Å². The molecule has 0 saturated carbocycles. The molecule has 1 saturated heterocycles. The molecule has 0 unspecified atom stereocenters. The second-order valence-corrected chi connectivity index (χ2v) is 6.61. The second kappa shape index (κ2) is 8.63. The first kappa shape index (κ1) is 19.5. The first-order valence-electron chi connectivity index (χ1n) is 8.43. The molecule has 0 bridgehead atoms. The van der Waals surface area contributed by atoms with E-state index < -0.39 is 6.61 Å². The van der Waals surface area contributed by atoms with E-state index in [1.165, 1.54) is 36.4 Å². The highest BCUT2D eigenvalue weighted by Gasteiger charge is 2.22. The maximum absolute atomic E-state index is 13.1. The van der Waals surface area contributed by atoms with Crippen LogP contribution in [0.25, 0.3) is 0 Å². The first-order valence-corrected chi connectivity index (χ1v) is 8.80. The normalized spacial score (nSPS) is 15.2. The van der Waals surface area contributed by atoms with Crippen LogP contribution in [0.3, 0.4) is 0 Å². The molecule has 3 rings (SSSR count). The minimum absolute atomic E-state index is 0.0162. The monoisotopic (exact) mass is 398 g/mol. The molecule has 2 aromatic rings. The summed E-state index contributed by atoms with van der Waals surface area (Å²) in [6, 6.07) is 9.99. The van der Waals surface area contributed by atoms with Crippen molar-refractivity contribution in [3.8, 4) is 5.75 Å². The van der Waals surface area contributed by atoms with Gasteiger partial charge in [0.25, 0.3) is 5.91 Å². The van der Waals surface area contributed by atoms with E-state index in [9.17, 15) is 18.0 Å². The van der Waals surface area contributed by atoms with Crippen LogP contribution < -0.4 is 4.74 Å². The Balaban J connectivity index is 1.54. The molecule has 1 heterocycles. The van der Waals surface area contributed by atoms with E-state index in [0.717, 1.165) is 5.56 Å². The SMILES string of the molecule is O=C(c1ccc(OC(F)F)cc1)N1CCN(Cc2ccc(F)cc2Cl)CC1. The van der Waals surface area contributed by atoms with Crippen LogP contribution in [0.5, 0.6) is 5.75 Å². The van der Waals surface area contributed by atoms with Gasteiger partial charge < -0.3 is 9.64 Å². The lowest BCUT2D eigenvalue weighted by Gasteiger charge is -2.35. The Morgan fingerprint density at radius 3 is 2.33 bits per heavy atom. The molecule has 1 amide bonds. The molecule has 144 valence electrons. The van der Waals surface area contributed by atoms with Crippen molar-refractivity contribution in [2.45, 2.75) is 13.2 Å². The Morgan fingerprint density at radius 1 is 1.07 bits per heavy atom. The zero-order valence-corrected chi connectivity index (χ0v) is 15.1. The van der Waals surface area contributed by atoms with Gasteiger partial charge in [-0.2, -0.15) is 8.78 Å². The van der Waals surface area contributed by atoms with E-state index in [0.29, 0.717) is 43.3 Å². The van der Waals surface area contributed by atoms with Gasteiger partial charge in [0.1, 0.15) is 11.6 Å². The van der Waals surface area contributed by atoms with E-state index in [1.54, 1.807) is 11.0 Å². The number of halogens is 4. The van der Waals surface area contributed by atoms with Crippen LogP contribution in [0.15, 0.2) is 42.5 Å². The highest BCUT2D eigenvalue weighted by Crippen LogP contribution is 2.21. The summed E-state index contributed by atoms with van der Waals surface area (Å²) in [6.07, 6.45) is 0. The predicted molar refractivity (Wildman–Crippen MR) is 95.7 cm³/mol. The van der Waals surface area contributed by atoms with Crippen LogP contribution in [0.4, 0.5) is 13.2 Å². The third kappa shape index (κ3) is 5.14. The van der Waals surface area contributed by atoms with Crippen molar-refractivity contribution in [1.82, 2.24) is 9.80 Å². The zero-order valence-electron chi connectivity index (χ0n) is 14.4. The summed E-state index contributed by atoms with van der Waals surface area (Å²) < 4.78 is 41.8. The maximum Gasteiger partial charge on any atom is 0.387 e. The molecule has 1 fully saturated rings. The van der Waals surface area contributed by atoms with Crippen molar-refractivity contribution in [2.75, 3.05) is 26.2 Å². The van der Waals surface area contributed by atoms with Crippen LogP contribution >= 0.6 is 11.6 Å². The molecule has 1 aliphatic rings. The molecule has 0 radical (unpaired) electrons. The van der Waals surface area contributed by atoms with Crippen LogP contribution in [0.2, 0.25) is 5.02 Å². The Labute approximate surface area is 160 Å². The van der Waals surface area contributed by atoms with Crippen LogP contribution in [-0.4, -0.2) is 48.5 Å². The molecule has 2 aromatic carbocycles. The highest BCUT2D eigenvalue weighted by atomic mass is 35.5. The maximum atomic E-state index is 13.1. The number of amides is 1. The number of rotatable bonds is 5. The predicted octanol–water partition coefficient (Wildman–Crippen LogP) is 4.04. The summed E-state index contributed by atoms with van der Waals surface area (Å²) in [6.45, 7) is 0.0767. The van der Waals surface area contributed by atoms with Crippen LogP contribution in [0, 0.1) is 5.82 Å². The number of hydrogen-bond donors (Lipinski definition) is 0. The van der Waals surface area contributed by atoms with Gasteiger partial charge in [0.05, 0.1) is 0 Å². The molecule has 0 aromatic heterocycles. The van der Waals surface area contributed by atoms with E-state index in [1.807, 2.05) is 0 Å². The fraction of sp³-hybridized carbons (Fsp3) is 0.316. The van der Waals surface area contributed by atoms with Crippen molar-refractivity contribution < 1.29 is 22.7 Å². The smallest absolute Gasteiger partial charge is 0.387 e. The molecule has 0 spiro atoms. The summed E-state index contributed by atoms with van der Waals surface area (Å²) in [5.74, 6) is -0.509. The number of piperazine rings is 1. The topological polar surface area (TPSA) is 32.8 Å². The third-order valence-corrected chi connectivity index (χ3v) is 4.75. The third-order valence-electron chi connectivity index (χ3n) is 4.40. The quantitative estimate of drug-likeness (QED) is 0.762. The van der Waals surface area contributed by atoms with Gasteiger partial charge in [0.15, 0.2) is 0 Å². The Bertz CT molecular complexity index is 794. The van der Waals surface area contributed by atoms with Crippen molar-refractivity contribution in [2.24, 2.45) is 0 Å². The molecule has 4 nitrogen and oxygen atoms in total. The summed E-state index contributed by atoms with van der Waals surface area (Å²) in [4.78, 5) is 16.4. The minimum atomic E-state index is -2.89. The lowest BCUT2D eigenvalue weighted by Crippen LogP contribution is -2.48. The number of carbonyl (C=O) groups excluding carboxylic acids is 1. The highest BCUT2D eigenvalue weighted by molar-refractivity contribution is 6.31. The van der Waals surface area contributed by atoms with E-state index in [-0.39, 0.29) is 17.5 Å². The van der Waals surface area contributed by atoms with E-state index >= 15 is 0 Å². The molecular formula is C19H18ClF3N2O2. The number of alkyl halides is 2. The van der Waals surface area contributed by atoms with Crippen molar-refractivity contribution in [3.05, 3.63) is 64.4 Å². The molecule has 0 atom stereocenters. The molecule has 1 aliphatic heterocycles. The van der Waals surface area contributed by atoms with Gasteiger partial charge in [0.2, 0.25) is 0 Å². The summed E-state index contributed by atoms with van der Waals surface area (Å²) in [7, 11) is 0. The van der Waals surface area contributed by atoms with Crippen LogP contribution in [0.1, 0.15) is 15.9 Å². The van der Waals surface area contributed by atoms with Gasteiger partial charge in [0, 0.05) is 43.3 Å². The van der Waals surface area contributed by atoms with Crippen LogP contribution in [-0.2, 0) is 6.54 Å². The van der Waals surface area contributed by atoms with Gasteiger partial charge in [-0.15, -0.1) is 0 Å². The standard InChI is InChI=1S/C19H18ClF3N2O2/c20-17-11-15(21)4-1-14(17)12-24-7-9-25(10-8-24)18(26)13-2-5-16(6-3-13)27-19(22)23/h1-6,11,19H,7-10,12H2. The first-order chi connectivity index (χ1) is 12.9. The lowest BCUT2D eigenvalue weighted by molar-refractivity contribution is -0.0498. The van der Waals surface area contributed by atoms with Gasteiger partial charge in [-0.3, -0.25) is 9.69 Å². The van der Waals surface area contributed by atoms with Gasteiger partial charge in [-0.25, -0.2) is 4.39 Å². The molecule has 8 heteroatoms. The van der Waals surface area contributed by atoms with E-state index in [2.05, 4.69) is 9.64 Å². The Kier molecular flexibility index (Phi) is 6.23. The molecule has 0 aliphatic carbocycles. The largest absolute Gasteiger partial charge is 0.435 e. The van der Waals surface area contributed by atoms with Gasteiger partial charge in [-0.05, 0) is 42.0 Å². The number of carbonyl (C=O) groups is 1. The van der Waals surface area contributed by atoms with Crippen molar-refractivity contribution in [3.63, 3.8) is 0 Å². The average molecular weight is 399 g/mol. The number of benzene rings is 2. The fourth-order valence-electron chi connectivity index (χ4n) is 2.96. The molecular weight excluding hydrogens is 381 g/mol. The second-order valence-electron chi connectivity index (χ2n) is 6.21. The Hall–Kier alpha value is -2.25. The average Bonchev–Trinajstić information content (AvgIpc) is 2.64.